The van der Waals surface area contributed by atoms with E-state index in [0.29, 0.717) is 18.4 Å². The van der Waals surface area contributed by atoms with Gasteiger partial charge in [0.25, 0.3) is 0 Å². The van der Waals surface area contributed by atoms with Crippen LogP contribution in [-0.4, -0.2) is 35.1 Å². The first-order valence-electron chi connectivity index (χ1n) is 6.10. The van der Waals surface area contributed by atoms with E-state index in [1.165, 1.54) is 12.1 Å². The summed E-state index contributed by atoms with van der Waals surface area (Å²) >= 11 is 0. The Bertz CT molecular complexity index is 715. The number of carbonyl (C=O) groups excluding carboxylic acids is 1. The van der Waals surface area contributed by atoms with Gasteiger partial charge in [-0.3, -0.25) is 4.79 Å². The van der Waals surface area contributed by atoms with Crippen molar-refractivity contribution in [1.29, 1.82) is 0 Å². The molecule has 0 atom stereocenters. The van der Waals surface area contributed by atoms with Crippen molar-refractivity contribution in [3.8, 4) is 0 Å². The summed E-state index contributed by atoms with van der Waals surface area (Å²) in [5.74, 6) is -0.0653. The average Bonchev–Trinajstić information content (AvgIpc) is 2.26. The Morgan fingerprint density at radius 2 is 1.65 bits per heavy atom. The maximum absolute atomic E-state index is 11.8. The monoisotopic (exact) mass is 318 g/mol. The van der Waals surface area contributed by atoms with E-state index in [-0.39, 0.29) is 22.0 Å². The van der Waals surface area contributed by atoms with Crippen LogP contribution < -0.4 is 0 Å². The third-order valence-corrected chi connectivity index (χ3v) is 5.07. The summed E-state index contributed by atoms with van der Waals surface area (Å²) in [5, 5.41) is 0. The van der Waals surface area contributed by atoms with Crippen LogP contribution in [0, 0.1) is 0 Å². The first kappa shape index (κ1) is 16.8. The molecule has 112 valence electrons. The summed E-state index contributed by atoms with van der Waals surface area (Å²) in [5.41, 5.74) is 0.346. The molecule has 7 heteroatoms. The van der Waals surface area contributed by atoms with Crippen molar-refractivity contribution < 1.29 is 21.6 Å². The van der Waals surface area contributed by atoms with Crippen molar-refractivity contribution in [3.63, 3.8) is 0 Å². The lowest BCUT2D eigenvalue weighted by Gasteiger charge is -2.09. The summed E-state index contributed by atoms with van der Waals surface area (Å²) < 4.78 is 46.5. The summed E-state index contributed by atoms with van der Waals surface area (Å²) in [4.78, 5) is 11.5. The van der Waals surface area contributed by atoms with E-state index in [2.05, 4.69) is 0 Å². The van der Waals surface area contributed by atoms with Gasteiger partial charge in [-0.05, 0) is 24.1 Å². The minimum atomic E-state index is -3.59. The molecule has 0 aliphatic rings. The Labute approximate surface area is 119 Å². The van der Waals surface area contributed by atoms with Crippen molar-refractivity contribution in [2.75, 3.05) is 12.5 Å². The van der Waals surface area contributed by atoms with Crippen molar-refractivity contribution in [2.24, 2.45) is 0 Å². The fourth-order valence-electron chi connectivity index (χ4n) is 1.84. The topological polar surface area (TPSA) is 85.3 Å². The number of rotatable bonds is 6. The summed E-state index contributed by atoms with van der Waals surface area (Å²) in [6.45, 7) is 1.86. The van der Waals surface area contributed by atoms with Gasteiger partial charge in [-0.15, -0.1) is 0 Å². The van der Waals surface area contributed by atoms with Crippen LogP contribution in [0.1, 0.15) is 25.3 Å². The Morgan fingerprint density at radius 1 is 1.05 bits per heavy atom. The largest absolute Gasteiger partial charge is 0.299 e. The van der Waals surface area contributed by atoms with Crippen LogP contribution in [-0.2, 0) is 30.9 Å². The fraction of sp³-hybridized carbons (Fsp3) is 0.462. The van der Waals surface area contributed by atoms with Gasteiger partial charge in [-0.25, -0.2) is 16.8 Å². The predicted octanol–water partition coefficient (Wildman–Crippen LogP) is 1.41. The van der Waals surface area contributed by atoms with Crippen LogP contribution in [0.3, 0.4) is 0 Å². The number of ketones is 1. The normalized spacial score (nSPS) is 12.3. The molecule has 0 spiro atoms. The Balaban J connectivity index is 3.36. The third-order valence-electron chi connectivity index (χ3n) is 2.78. The van der Waals surface area contributed by atoms with Crippen molar-refractivity contribution in [3.05, 3.63) is 23.8 Å². The lowest BCUT2D eigenvalue weighted by molar-refractivity contribution is -0.118. The minimum absolute atomic E-state index is 0.000283. The average molecular weight is 318 g/mol. The highest BCUT2D eigenvalue weighted by molar-refractivity contribution is 7.91. The number of benzene rings is 1. The maximum Gasteiger partial charge on any atom is 0.175 e. The van der Waals surface area contributed by atoms with Crippen LogP contribution in [0.15, 0.2) is 28.0 Å². The van der Waals surface area contributed by atoms with Crippen molar-refractivity contribution >= 4 is 25.5 Å². The molecule has 0 amide bonds. The Hall–Kier alpha value is -1.21. The third kappa shape index (κ3) is 4.42. The molecule has 0 aliphatic heterocycles. The summed E-state index contributed by atoms with van der Waals surface area (Å²) in [7, 11) is -7.08. The van der Waals surface area contributed by atoms with Gasteiger partial charge in [0.15, 0.2) is 19.7 Å². The fourth-order valence-corrected chi connectivity index (χ4v) is 3.52. The van der Waals surface area contributed by atoms with Crippen LogP contribution in [0.5, 0.6) is 0 Å². The summed E-state index contributed by atoms with van der Waals surface area (Å²) in [6.07, 6.45) is 3.07. The highest BCUT2D eigenvalue weighted by Gasteiger charge is 2.19. The predicted molar refractivity (Wildman–Crippen MR) is 76.3 cm³/mol. The van der Waals surface area contributed by atoms with E-state index >= 15 is 0 Å². The molecular weight excluding hydrogens is 300 g/mol. The van der Waals surface area contributed by atoms with Crippen LogP contribution in [0.2, 0.25) is 0 Å². The van der Waals surface area contributed by atoms with Crippen LogP contribution >= 0.6 is 0 Å². The number of sulfone groups is 2. The molecule has 1 rings (SSSR count). The standard InChI is InChI=1S/C13H18O5S2/c1-4-5-11(14)8-10-6-7-12(19(2,15)16)9-13(10)20(3,17)18/h6-7,9H,4-5,8H2,1-3H3. The first-order chi connectivity index (χ1) is 9.05. The van der Waals surface area contributed by atoms with Gasteiger partial charge in [-0.1, -0.05) is 13.0 Å². The second kappa shape index (κ2) is 6.05. The SMILES string of the molecule is CCCC(=O)Cc1ccc(S(C)(=O)=O)cc1S(C)(=O)=O. The zero-order valence-electron chi connectivity index (χ0n) is 11.7. The van der Waals surface area contributed by atoms with Gasteiger partial charge >= 0.3 is 0 Å². The van der Waals surface area contributed by atoms with Gasteiger partial charge in [-0.2, -0.15) is 0 Å². The quantitative estimate of drug-likeness (QED) is 0.791. The van der Waals surface area contributed by atoms with Gasteiger partial charge in [0, 0.05) is 25.4 Å². The molecule has 0 saturated carbocycles. The molecule has 0 aromatic heterocycles. The number of Topliss-reactive ketones (excluding diaryl/α,β-unsaturated/α-hetero) is 1. The molecule has 0 radical (unpaired) electrons. The Kier molecular flexibility index (Phi) is 5.10. The molecular formula is C13H18O5S2. The zero-order valence-corrected chi connectivity index (χ0v) is 13.3. The molecule has 0 heterocycles. The van der Waals surface area contributed by atoms with Crippen molar-refractivity contribution in [1.82, 2.24) is 0 Å². The lowest BCUT2D eigenvalue weighted by atomic mass is 10.1. The molecule has 20 heavy (non-hydrogen) atoms. The van der Waals surface area contributed by atoms with Crippen LogP contribution in [0.4, 0.5) is 0 Å². The van der Waals surface area contributed by atoms with Gasteiger partial charge in [0.2, 0.25) is 0 Å². The number of hydrogen-bond donors (Lipinski definition) is 0. The molecule has 0 bridgehead atoms. The van der Waals surface area contributed by atoms with Gasteiger partial charge in [0.05, 0.1) is 9.79 Å². The van der Waals surface area contributed by atoms with E-state index < -0.39 is 19.7 Å². The van der Waals surface area contributed by atoms with E-state index in [4.69, 9.17) is 0 Å². The van der Waals surface area contributed by atoms with Gasteiger partial charge < -0.3 is 0 Å². The highest BCUT2D eigenvalue weighted by atomic mass is 32.2. The Morgan fingerprint density at radius 3 is 2.10 bits per heavy atom. The van der Waals surface area contributed by atoms with Crippen molar-refractivity contribution in [2.45, 2.75) is 36.0 Å². The minimum Gasteiger partial charge on any atom is -0.299 e. The van der Waals surface area contributed by atoms with E-state index in [0.717, 1.165) is 18.6 Å². The van der Waals surface area contributed by atoms with E-state index in [1.54, 1.807) is 0 Å². The number of hydrogen-bond acceptors (Lipinski definition) is 5. The maximum atomic E-state index is 11.8. The second-order valence-corrected chi connectivity index (χ2v) is 8.78. The molecule has 5 nitrogen and oxygen atoms in total. The van der Waals surface area contributed by atoms with Gasteiger partial charge in [0.1, 0.15) is 5.78 Å². The molecule has 0 N–H and O–H groups in total. The zero-order chi connectivity index (χ0) is 15.6. The first-order valence-corrected chi connectivity index (χ1v) is 9.88. The van der Waals surface area contributed by atoms with E-state index in [9.17, 15) is 21.6 Å². The molecule has 0 fully saturated rings. The smallest absolute Gasteiger partial charge is 0.175 e. The molecule has 1 aromatic carbocycles. The highest BCUT2D eigenvalue weighted by Crippen LogP contribution is 2.22. The molecule has 0 saturated heterocycles. The molecule has 0 unspecified atom stereocenters. The molecule has 1 aromatic rings. The second-order valence-electron chi connectivity index (χ2n) is 4.78. The number of carbonyl (C=O) groups is 1. The summed E-state index contributed by atoms with van der Waals surface area (Å²) in [6, 6.07) is 3.86. The molecule has 0 aliphatic carbocycles. The lowest BCUT2D eigenvalue weighted by Crippen LogP contribution is -2.10. The van der Waals surface area contributed by atoms with Crippen LogP contribution in [0.25, 0.3) is 0 Å². The van der Waals surface area contributed by atoms with E-state index in [1.807, 2.05) is 6.92 Å².